The fourth-order valence-electron chi connectivity index (χ4n) is 5.05. The Bertz CT molecular complexity index is 1710. The summed E-state index contributed by atoms with van der Waals surface area (Å²) in [6, 6.07) is 21.9. The van der Waals surface area contributed by atoms with Gasteiger partial charge in [0.15, 0.2) is 10.6 Å². The van der Waals surface area contributed by atoms with E-state index in [-0.39, 0.29) is 38.4 Å². The third-order valence-corrected chi connectivity index (χ3v) is 10.5. The number of hydrogen-bond donors (Lipinski definition) is 0. The van der Waals surface area contributed by atoms with Gasteiger partial charge in [-0.05, 0) is 25.0 Å². The molecular weight excluding hydrogens is 492 g/mol. The smallest absolute Gasteiger partial charge is 0.364 e. The minimum Gasteiger partial charge on any atom is -0.378 e. The molecular formula is C28H21N2O4S2+. The molecule has 1 aliphatic carbocycles. The van der Waals surface area contributed by atoms with Gasteiger partial charge in [0.2, 0.25) is 0 Å². The first-order valence-corrected chi connectivity index (χ1v) is 14.6. The van der Waals surface area contributed by atoms with Gasteiger partial charge in [-0.15, -0.1) is 0 Å². The molecule has 1 saturated heterocycles. The van der Waals surface area contributed by atoms with Crippen LogP contribution >= 0.6 is 0 Å². The number of hydrogen-bond acceptors (Lipinski definition) is 4. The Morgan fingerprint density at radius 3 is 1.89 bits per heavy atom. The van der Waals surface area contributed by atoms with Gasteiger partial charge in [-0.3, -0.25) is 4.79 Å². The van der Waals surface area contributed by atoms with Gasteiger partial charge in [-0.2, -0.15) is 13.2 Å². The number of ketones is 1. The van der Waals surface area contributed by atoms with Gasteiger partial charge in [-0.25, -0.2) is 0 Å². The van der Waals surface area contributed by atoms with Crippen LogP contribution in [0.15, 0.2) is 83.8 Å². The summed E-state index contributed by atoms with van der Waals surface area (Å²) >= 11 is 0. The predicted octanol–water partition coefficient (Wildman–Crippen LogP) is 5.38. The van der Waals surface area contributed by atoms with Crippen LogP contribution in [0, 0.1) is 0 Å². The average Bonchev–Trinajstić information content (AvgIpc) is 3.43. The second-order valence-corrected chi connectivity index (χ2v) is 12.5. The van der Waals surface area contributed by atoms with Crippen molar-refractivity contribution in [2.45, 2.75) is 17.7 Å². The highest BCUT2D eigenvalue weighted by Gasteiger charge is 2.38. The van der Waals surface area contributed by atoms with Crippen LogP contribution in [-0.2, 0) is 21.0 Å². The van der Waals surface area contributed by atoms with Crippen molar-refractivity contribution < 1.29 is 22.2 Å². The van der Waals surface area contributed by atoms with Crippen molar-refractivity contribution in [3.05, 3.63) is 95.5 Å². The molecule has 178 valence electrons. The Labute approximate surface area is 211 Å². The van der Waals surface area contributed by atoms with E-state index in [2.05, 4.69) is 4.79 Å². The Hall–Kier alpha value is -3.71. The van der Waals surface area contributed by atoms with Gasteiger partial charge in [0.05, 0.1) is 6.08 Å². The van der Waals surface area contributed by atoms with Crippen molar-refractivity contribution in [1.29, 1.82) is 0 Å². The van der Waals surface area contributed by atoms with Crippen LogP contribution in [0.3, 0.4) is 0 Å². The fourth-order valence-corrected chi connectivity index (χ4v) is 8.93. The highest BCUT2D eigenvalue weighted by atomic mass is 32.2. The van der Waals surface area contributed by atoms with Crippen LogP contribution in [0.2, 0.25) is 0 Å². The van der Waals surface area contributed by atoms with Gasteiger partial charge in [0.25, 0.3) is 5.78 Å². The second-order valence-electron chi connectivity index (χ2n) is 8.76. The minimum atomic E-state index is -4.41. The Morgan fingerprint density at radius 1 is 0.778 bits per heavy atom. The van der Waals surface area contributed by atoms with Crippen molar-refractivity contribution in [2.75, 3.05) is 11.5 Å². The quantitative estimate of drug-likeness (QED) is 0.120. The molecule has 4 aromatic rings. The fraction of sp³-hybridized carbons (Fsp3) is 0.143. The monoisotopic (exact) mass is 513 g/mol. The lowest BCUT2D eigenvalue weighted by molar-refractivity contribution is -0.00437. The topological polar surface area (TPSA) is 96.8 Å². The summed E-state index contributed by atoms with van der Waals surface area (Å²) in [5.41, 5.74) is 9.36. The molecule has 8 heteroatoms. The summed E-state index contributed by atoms with van der Waals surface area (Å²) in [7, 11) is -4.32. The molecule has 6 nitrogen and oxygen atoms in total. The van der Waals surface area contributed by atoms with Crippen LogP contribution in [0.1, 0.15) is 28.8 Å². The number of allylic oxidation sites excluding steroid dienone is 1. The first-order chi connectivity index (χ1) is 17.5. The number of nitrogens with zero attached hydrogens (tertiary/aromatic N) is 2. The minimum absolute atomic E-state index is 0.0873. The molecule has 0 spiro atoms. The number of Topliss-reactive ketones (excluding diaryl/α,β-unsaturated/α-hetero) is 1. The van der Waals surface area contributed by atoms with E-state index in [1.165, 1.54) is 23.8 Å². The molecule has 0 atom stereocenters. The lowest BCUT2D eigenvalue weighted by atomic mass is 9.95. The van der Waals surface area contributed by atoms with Gasteiger partial charge in [-0.1, -0.05) is 60.7 Å². The standard InChI is InChI=1S/C28H21N2O4S2/c29-30-24-17-25(18-9-1-2-10-19(18)26(24)31)36(32,33)34-27-20-11-3-5-13-22(20)28(35-15-7-8-16-35)23-14-6-4-12-21(23)27/h1-6,9-14,17H,7-8,15-16H2/q+1. The van der Waals surface area contributed by atoms with E-state index in [0.29, 0.717) is 0 Å². The first-order valence-electron chi connectivity index (χ1n) is 11.6. The first kappa shape index (κ1) is 22.7. The predicted molar refractivity (Wildman–Crippen MR) is 143 cm³/mol. The maximum Gasteiger partial charge on any atom is 0.364 e. The van der Waals surface area contributed by atoms with Crippen LogP contribution in [0.4, 0.5) is 0 Å². The summed E-state index contributed by atoms with van der Waals surface area (Å²) < 4.78 is 33.5. The molecule has 6 rings (SSSR count). The third kappa shape index (κ3) is 3.57. The van der Waals surface area contributed by atoms with Gasteiger partial charge < -0.3 is 9.71 Å². The zero-order valence-corrected chi connectivity index (χ0v) is 20.8. The van der Waals surface area contributed by atoms with E-state index in [0.717, 1.165) is 39.1 Å². The van der Waals surface area contributed by atoms with Crippen molar-refractivity contribution in [2.24, 2.45) is 0 Å². The summed E-state index contributed by atoms with van der Waals surface area (Å²) in [6.07, 6.45) is 3.46. The molecule has 36 heavy (non-hydrogen) atoms. The molecule has 4 aromatic carbocycles. The molecule has 1 fully saturated rings. The summed E-state index contributed by atoms with van der Waals surface area (Å²) in [4.78, 5) is 16.7. The Balaban J connectivity index is 1.58. The number of carbonyl (C=O) groups is 1. The molecule has 2 aliphatic rings. The van der Waals surface area contributed by atoms with E-state index in [1.807, 2.05) is 48.5 Å². The molecule has 1 aliphatic heterocycles. The molecule has 0 unspecified atom stereocenters. The largest absolute Gasteiger partial charge is 0.378 e. The maximum atomic E-state index is 13.8. The number of benzene rings is 4. The number of rotatable bonds is 4. The van der Waals surface area contributed by atoms with Crippen molar-refractivity contribution in [3.8, 4) is 5.75 Å². The van der Waals surface area contributed by atoms with Crippen LogP contribution < -0.4 is 4.18 Å². The van der Waals surface area contributed by atoms with Crippen LogP contribution in [0.25, 0.3) is 32.0 Å². The van der Waals surface area contributed by atoms with Crippen molar-refractivity contribution in [3.63, 3.8) is 0 Å². The van der Waals surface area contributed by atoms with Crippen LogP contribution in [-0.4, -0.2) is 36.2 Å². The second kappa shape index (κ2) is 8.75. The number of fused-ring (bicyclic) bond motifs is 3. The van der Waals surface area contributed by atoms with E-state index in [4.69, 9.17) is 4.18 Å². The van der Waals surface area contributed by atoms with E-state index in [9.17, 15) is 18.7 Å². The molecule has 0 saturated carbocycles. The maximum absolute atomic E-state index is 13.8. The summed E-state index contributed by atoms with van der Waals surface area (Å²) in [6.45, 7) is 0. The normalized spacial score (nSPS) is 16.2. The van der Waals surface area contributed by atoms with E-state index < -0.39 is 15.9 Å². The Kier molecular flexibility index (Phi) is 5.52. The Morgan fingerprint density at radius 2 is 1.31 bits per heavy atom. The average molecular weight is 514 g/mol. The van der Waals surface area contributed by atoms with E-state index in [1.54, 1.807) is 18.2 Å². The molecule has 0 radical (unpaired) electrons. The van der Waals surface area contributed by atoms with Gasteiger partial charge in [0.1, 0.15) is 16.4 Å². The van der Waals surface area contributed by atoms with Gasteiger partial charge in [0, 0.05) is 43.6 Å². The molecule has 0 bridgehead atoms. The molecule has 1 heterocycles. The van der Waals surface area contributed by atoms with Gasteiger partial charge >= 0.3 is 15.8 Å². The SMILES string of the molecule is [N-]=[N+]=C1C=C(S(=O)(=O)Oc2c3ccccc3c([S+]3CCCC3)c3ccccc23)c2ccccc2C1=O. The molecule has 0 N–H and O–H groups in total. The summed E-state index contributed by atoms with van der Waals surface area (Å²) in [5, 5.41) is 3.45. The highest BCUT2D eigenvalue weighted by molar-refractivity contribution is 7.97. The lowest BCUT2D eigenvalue weighted by Gasteiger charge is -2.18. The lowest BCUT2D eigenvalue weighted by Crippen LogP contribution is -2.24. The van der Waals surface area contributed by atoms with E-state index >= 15 is 0 Å². The van der Waals surface area contributed by atoms with Crippen LogP contribution in [0.5, 0.6) is 5.75 Å². The molecule has 0 amide bonds. The van der Waals surface area contributed by atoms with Crippen molar-refractivity contribution >= 4 is 59.0 Å². The third-order valence-electron chi connectivity index (χ3n) is 6.66. The number of carbonyl (C=O) groups excluding carboxylic acids is 1. The zero-order valence-electron chi connectivity index (χ0n) is 19.2. The highest BCUT2D eigenvalue weighted by Crippen LogP contribution is 2.44. The summed E-state index contributed by atoms with van der Waals surface area (Å²) in [5.74, 6) is 1.97. The zero-order chi connectivity index (χ0) is 24.9. The van der Waals surface area contributed by atoms with Crippen molar-refractivity contribution in [1.82, 2.24) is 0 Å². The molecule has 0 aromatic heterocycles.